The van der Waals surface area contributed by atoms with Crippen LogP contribution in [-0.4, -0.2) is 63.4 Å². The molecule has 0 saturated heterocycles. The van der Waals surface area contributed by atoms with E-state index in [0.717, 1.165) is 45.2 Å². The fraction of sp³-hybridized carbons (Fsp3) is 0.696. The van der Waals surface area contributed by atoms with Gasteiger partial charge in [-0.1, -0.05) is 38.1 Å². The quantitative estimate of drug-likeness (QED) is 0.266. The van der Waals surface area contributed by atoms with Gasteiger partial charge in [-0.15, -0.1) is 0 Å². The summed E-state index contributed by atoms with van der Waals surface area (Å²) in [5.74, 6) is 0.846. The summed E-state index contributed by atoms with van der Waals surface area (Å²) in [6.07, 6.45) is 2.32. The van der Waals surface area contributed by atoms with Gasteiger partial charge >= 0.3 is 0 Å². The molecule has 0 bridgehead atoms. The summed E-state index contributed by atoms with van der Waals surface area (Å²) in [6.45, 7) is 15.4. The molecule has 0 heterocycles. The molecular formula is C23H42N4O2. The lowest BCUT2D eigenvalue weighted by Gasteiger charge is -2.21. The number of benzene rings is 1. The van der Waals surface area contributed by atoms with Gasteiger partial charge in [-0.3, -0.25) is 4.99 Å². The molecule has 6 heteroatoms. The predicted molar refractivity (Wildman–Crippen MR) is 122 cm³/mol. The molecule has 1 aromatic rings. The molecule has 0 amide bonds. The van der Waals surface area contributed by atoms with Gasteiger partial charge in [0.25, 0.3) is 0 Å². The molecule has 0 aromatic heterocycles. The van der Waals surface area contributed by atoms with Crippen molar-refractivity contribution in [2.75, 3.05) is 46.5 Å². The summed E-state index contributed by atoms with van der Waals surface area (Å²) >= 11 is 0. The molecule has 0 aliphatic rings. The molecule has 166 valence electrons. The zero-order chi connectivity index (χ0) is 21.3. The molecule has 1 aromatic carbocycles. The first-order valence-corrected chi connectivity index (χ1v) is 11.1. The second-order valence-corrected chi connectivity index (χ2v) is 7.21. The minimum Gasteiger partial charge on any atom is -0.379 e. The maximum absolute atomic E-state index is 5.66. The molecule has 2 N–H and O–H groups in total. The maximum atomic E-state index is 5.66. The van der Waals surface area contributed by atoms with Crippen LogP contribution < -0.4 is 10.6 Å². The Hall–Kier alpha value is -1.63. The van der Waals surface area contributed by atoms with E-state index in [0.29, 0.717) is 25.9 Å². The zero-order valence-electron chi connectivity index (χ0n) is 19.2. The van der Waals surface area contributed by atoms with Crippen molar-refractivity contribution in [2.45, 2.75) is 59.7 Å². The van der Waals surface area contributed by atoms with E-state index in [4.69, 9.17) is 9.47 Å². The van der Waals surface area contributed by atoms with Crippen LogP contribution in [0, 0.1) is 0 Å². The highest BCUT2D eigenvalue weighted by Crippen LogP contribution is 2.07. The lowest BCUT2D eigenvalue weighted by atomic mass is 10.1. The Labute approximate surface area is 178 Å². The zero-order valence-corrected chi connectivity index (χ0v) is 19.2. The highest BCUT2D eigenvalue weighted by Gasteiger charge is 2.07. The van der Waals surface area contributed by atoms with E-state index >= 15 is 0 Å². The van der Waals surface area contributed by atoms with Crippen LogP contribution in [0.4, 0.5) is 0 Å². The van der Waals surface area contributed by atoms with Crippen molar-refractivity contribution in [2.24, 2.45) is 4.99 Å². The van der Waals surface area contributed by atoms with E-state index in [-0.39, 0.29) is 0 Å². The van der Waals surface area contributed by atoms with Gasteiger partial charge in [0.05, 0.1) is 19.8 Å². The Morgan fingerprint density at radius 2 is 1.83 bits per heavy atom. The van der Waals surface area contributed by atoms with Crippen molar-refractivity contribution in [3.8, 4) is 0 Å². The lowest BCUT2D eigenvalue weighted by molar-refractivity contribution is 0.0453. The van der Waals surface area contributed by atoms with E-state index in [1.54, 1.807) is 0 Å². The molecule has 1 rings (SSSR count). The van der Waals surface area contributed by atoms with E-state index in [1.807, 2.05) is 14.0 Å². The van der Waals surface area contributed by atoms with Crippen molar-refractivity contribution in [1.29, 1.82) is 0 Å². The molecule has 1 atom stereocenters. The van der Waals surface area contributed by atoms with Crippen molar-refractivity contribution in [3.05, 3.63) is 35.4 Å². The third-order valence-electron chi connectivity index (χ3n) is 4.91. The molecule has 0 spiro atoms. The molecule has 0 aliphatic heterocycles. The summed E-state index contributed by atoms with van der Waals surface area (Å²) in [6, 6.07) is 8.85. The monoisotopic (exact) mass is 406 g/mol. The van der Waals surface area contributed by atoms with Crippen LogP contribution in [0.1, 0.15) is 51.7 Å². The minimum absolute atomic E-state index is 0.391. The van der Waals surface area contributed by atoms with Crippen LogP contribution in [0.2, 0.25) is 0 Å². The molecule has 1 unspecified atom stereocenters. The van der Waals surface area contributed by atoms with Gasteiger partial charge < -0.3 is 25.0 Å². The Bertz CT molecular complexity index is 562. The molecule has 0 aliphatic carbocycles. The third-order valence-corrected chi connectivity index (χ3v) is 4.91. The second kappa shape index (κ2) is 16.2. The number of nitrogens with one attached hydrogen (secondary N) is 2. The van der Waals surface area contributed by atoms with E-state index in [1.165, 1.54) is 17.5 Å². The Morgan fingerprint density at radius 3 is 2.52 bits per heavy atom. The minimum atomic E-state index is 0.391. The number of hydrogen-bond acceptors (Lipinski definition) is 4. The third kappa shape index (κ3) is 11.8. The van der Waals surface area contributed by atoms with Gasteiger partial charge in [0, 0.05) is 26.2 Å². The van der Waals surface area contributed by atoms with Crippen LogP contribution in [0.3, 0.4) is 0 Å². The standard InChI is InChI=1S/C23H42N4O2/c1-6-27(7-2)14-10-11-20(4)26-23(24-5)25-18-21-12-9-13-22(17-21)19-29-16-15-28-8-3/h9,12-13,17,20H,6-8,10-11,14-16,18-19H2,1-5H3,(H2,24,25,26). The highest BCUT2D eigenvalue weighted by atomic mass is 16.5. The van der Waals surface area contributed by atoms with Crippen molar-refractivity contribution in [3.63, 3.8) is 0 Å². The Kier molecular flexibility index (Phi) is 14.2. The predicted octanol–water partition coefficient (Wildman–Crippen LogP) is 3.42. The van der Waals surface area contributed by atoms with E-state index in [9.17, 15) is 0 Å². The van der Waals surface area contributed by atoms with Crippen LogP contribution >= 0.6 is 0 Å². The summed E-state index contributed by atoms with van der Waals surface area (Å²) in [5.41, 5.74) is 2.39. The van der Waals surface area contributed by atoms with Crippen LogP contribution in [0.25, 0.3) is 0 Å². The first-order chi connectivity index (χ1) is 14.1. The summed E-state index contributed by atoms with van der Waals surface area (Å²) in [7, 11) is 1.82. The number of aliphatic imine (C=N–C) groups is 1. The van der Waals surface area contributed by atoms with Gasteiger partial charge in [0.1, 0.15) is 0 Å². The first kappa shape index (κ1) is 25.4. The Morgan fingerprint density at radius 1 is 1.10 bits per heavy atom. The topological polar surface area (TPSA) is 58.1 Å². The SMILES string of the molecule is CCOCCOCc1cccc(CNC(=NC)NC(C)CCCN(CC)CC)c1. The molecule has 0 radical (unpaired) electrons. The van der Waals surface area contributed by atoms with Gasteiger partial charge in [0.15, 0.2) is 5.96 Å². The van der Waals surface area contributed by atoms with E-state index < -0.39 is 0 Å². The molecule has 6 nitrogen and oxygen atoms in total. The summed E-state index contributed by atoms with van der Waals surface area (Å²) < 4.78 is 11.0. The fourth-order valence-corrected chi connectivity index (χ4v) is 3.13. The smallest absolute Gasteiger partial charge is 0.191 e. The van der Waals surface area contributed by atoms with Gasteiger partial charge in [-0.2, -0.15) is 0 Å². The number of rotatable bonds is 15. The van der Waals surface area contributed by atoms with Crippen LogP contribution in [0.15, 0.2) is 29.3 Å². The molecular weight excluding hydrogens is 364 g/mol. The van der Waals surface area contributed by atoms with Gasteiger partial charge in [-0.25, -0.2) is 0 Å². The summed E-state index contributed by atoms with van der Waals surface area (Å²) in [5, 5.41) is 6.91. The fourth-order valence-electron chi connectivity index (χ4n) is 3.13. The highest BCUT2D eigenvalue weighted by molar-refractivity contribution is 5.79. The van der Waals surface area contributed by atoms with Crippen molar-refractivity contribution >= 4 is 5.96 Å². The number of hydrogen-bond donors (Lipinski definition) is 2. The average Bonchev–Trinajstić information content (AvgIpc) is 2.74. The molecule has 0 fully saturated rings. The van der Waals surface area contributed by atoms with Gasteiger partial charge in [-0.05, 0) is 57.5 Å². The van der Waals surface area contributed by atoms with E-state index in [2.05, 4.69) is 65.6 Å². The average molecular weight is 407 g/mol. The van der Waals surface area contributed by atoms with Gasteiger partial charge in [0.2, 0.25) is 0 Å². The van der Waals surface area contributed by atoms with Crippen molar-refractivity contribution in [1.82, 2.24) is 15.5 Å². The molecule has 29 heavy (non-hydrogen) atoms. The second-order valence-electron chi connectivity index (χ2n) is 7.21. The maximum Gasteiger partial charge on any atom is 0.191 e. The number of guanidine groups is 1. The summed E-state index contributed by atoms with van der Waals surface area (Å²) in [4.78, 5) is 6.83. The van der Waals surface area contributed by atoms with Crippen LogP contribution in [-0.2, 0) is 22.6 Å². The normalized spacial score (nSPS) is 13.0. The number of nitrogens with zero attached hydrogens (tertiary/aromatic N) is 2. The lowest BCUT2D eigenvalue weighted by Crippen LogP contribution is -2.42. The Balaban J connectivity index is 2.35. The first-order valence-electron chi connectivity index (χ1n) is 11.1. The largest absolute Gasteiger partial charge is 0.379 e. The van der Waals surface area contributed by atoms with Crippen LogP contribution in [0.5, 0.6) is 0 Å². The molecule has 0 saturated carbocycles. The van der Waals surface area contributed by atoms with Crippen molar-refractivity contribution < 1.29 is 9.47 Å². The number of ether oxygens (including phenoxy) is 2.